The molecule has 6 nitrogen and oxygen atoms in total. The first-order chi connectivity index (χ1) is 11.0. The third kappa shape index (κ3) is 2.65. The summed E-state index contributed by atoms with van der Waals surface area (Å²) in [5, 5.41) is 9.43. The van der Waals surface area contributed by atoms with E-state index in [1.165, 1.54) is 12.1 Å². The van der Waals surface area contributed by atoms with Crippen LogP contribution in [0.3, 0.4) is 0 Å². The molecule has 4 N–H and O–H groups in total. The van der Waals surface area contributed by atoms with Gasteiger partial charge in [0.2, 0.25) is 11.9 Å². The Hall–Kier alpha value is -2.14. The Morgan fingerprint density at radius 1 is 1.26 bits per heavy atom. The molecule has 23 heavy (non-hydrogen) atoms. The highest BCUT2D eigenvalue weighted by molar-refractivity contribution is 9.10. The lowest BCUT2D eigenvalue weighted by molar-refractivity contribution is 0.305. The molecule has 0 bridgehead atoms. The van der Waals surface area contributed by atoms with E-state index < -0.39 is 11.5 Å². The topological polar surface area (TPSA) is 104 Å². The molecule has 8 heteroatoms. The van der Waals surface area contributed by atoms with Crippen LogP contribution in [0.25, 0.3) is 0 Å². The summed E-state index contributed by atoms with van der Waals surface area (Å²) in [4.78, 5) is 10.2. The van der Waals surface area contributed by atoms with E-state index in [1.807, 2.05) is 0 Å². The largest absolute Gasteiger partial charge is 0.369 e. The maximum absolute atomic E-state index is 14.1. The Bertz CT molecular complexity index is 745. The number of rotatable bonds is 1. The molecule has 0 aromatic heterocycles. The van der Waals surface area contributed by atoms with Crippen LogP contribution in [0.4, 0.5) is 10.1 Å². The predicted molar refractivity (Wildman–Crippen MR) is 90.4 cm³/mol. The number of aliphatic imine (C=N–C) groups is 2. The first-order valence-electron chi connectivity index (χ1n) is 7.36. The molecule has 1 spiro atoms. The van der Waals surface area contributed by atoms with Gasteiger partial charge in [-0.3, -0.25) is 4.90 Å². The van der Waals surface area contributed by atoms with E-state index in [0.717, 1.165) is 32.1 Å². The second kappa shape index (κ2) is 5.81. The predicted octanol–water partition coefficient (Wildman–Crippen LogP) is 2.57. The van der Waals surface area contributed by atoms with Crippen LogP contribution in [0.2, 0.25) is 0 Å². The van der Waals surface area contributed by atoms with E-state index >= 15 is 0 Å². The van der Waals surface area contributed by atoms with Crippen LogP contribution in [0.15, 0.2) is 26.6 Å². The van der Waals surface area contributed by atoms with Gasteiger partial charge in [-0.2, -0.15) is 10.3 Å². The van der Waals surface area contributed by atoms with Crippen LogP contribution in [-0.2, 0) is 0 Å². The lowest BCUT2D eigenvalue weighted by Crippen LogP contribution is -2.58. The molecule has 120 valence electrons. The second-order valence-corrected chi connectivity index (χ2v) is 6.57. The highest BCUT2D eigenvalue weighted by Crippen LogP contribution is 2.41. The van der Waals surface area contributed by atoms with Crippen molar-refractivity contribution in [3.63, 3.8) is 0 Å². The van der Waals surface area contributed by atoms with Gasteiger partial charge in [0, 0.05) is 6.07 Å². The average Bonchev–Trinajstić information content (AvgIpc) is 2.50. The molecule has 0 saturated heterocycles. The number of nitriles is 1. The summed E-state index contributed by atoms with van der Waals surface area (Å²) in [6.07, 6.45) is 4.48. The molecule has 2 aliphatic rings. The molecule has 0 radical (unpaired) electrons. The van der Waals surface area contributed by atoms with E-state index in [2.05, 4.69) is 32.0 Å². The molecule has 1 aromatic rings. The van der Waals surface area contributed by atoms with Crippen LogP contribution in [0, 0.1) is 17.1 Å². The fourth-order valence-electron chi connectivity index (χ4n) is 3.28. The minimum Gasteiger partial charge on any atom is -0.369 e. The first kappa shape index (κ1) is 15.7. The van der Waals surface area contributed by atoms with Gasteiger partial charge in [-0.05, 0) is 47.7 Å². The van der Waals surface area contributed by atoms with Crippen molar-refractivity contribution in [1.29, 1.82) is 5.26 Å². The smallest absolute Gasteiger partial charge is 0.220 e. The minimum atomic E-state index is -0.694. The third-order valence-electron chi connectivity index (χ3n) is 4.25. The fraction of sp³-hybridized carbons (Fsp3) is 0.400. The molecule has 1 fully saturated rings. The Morgan fingerprint density at radius 3 is 2.61 bits per heavy atom. The van der Waals surface area contributed by atoms with Gasteiger partial charge >= 0.3 is 0 Å². The Balaban J connectivity index is 2.18. The van der Waals surface area contributed by atoms with Crippen molar-refractivity contribution in [2.75, 3.05) is 4.90 Å². The number of halogens is 2. The molecule has 0 unspecified atom stereocenters. The van der Waals surface area contributed by atoms with Gasteiger partial charge in [-0.1, -0.05) is 6.42 Å². The van der Waals surface area contributed by atoms with E-state index in [4.69, 9.17) is 11.5 Å². The molecule has 0 amide bonds. The highest BCUT2D eigenvalue weighted by atomic mass is 79.9. The number of benzene rings is 1. The number of guanidine groups is 2. The SMILES string of the molecule is N#Cc1cc(Br)c(F)cc1N1C(N)=NC(N)=NC12CCCCC2. The average molecular weight is 379 g/mol. The third-order valence-corrected chi connectivity index (χ3v) is 4.86. The van der Waals surface area contributed by atoms with Crippen molar-refractivity contribution in [2.45, 2.75) is 37.8 Å². The number of nitrogens with zero attached hydrogens (tertiary/aromatic N) is 4. The van der Waals surface area contributed by atoms with Crippen molar-refractivity contribution in [1.82, 2.24) is 0 Å². The van der Waals surface area contributed by atoms with Gasteiger partial charge < -0.3 is 11.5 Å². The number of hydrogen-bond acceptors (Lipinski definition) is 6. The summed E-state index contributed by atoms with van der Waals surface area (Å²) < 4.78 is 14.3. The summed E-state index contributed by atoms with van der Waals surface area (Å²) in [5.74, 6) is -0.213. The van der Waals surface area contributed by atoms with Crippen LogP contribution in [0.1, 0.15) is 37.7 Å². The molecule has 3 rings (SSSR count). The Kier molecular flexibility index (Phi) is 3.98. The molecule has 1 aliphatic carbocycles. The Labute approximate surface area is 141 Å². The van der Waals surface area contributed by atoms with Crippen molar-refractivity contribution >= 4 is 33.5 Å². The molecule has 1 aliphatic heterocycles. The summed E-state index contributed by atoms with van der Waals surface area (Å²) in [7, 11) is 0. The van der Waals surface area contributed by atoms with E-state index in [0.29, 0.717) is 11.3 Å². The Morgan fingerprint density at radius 2 is 1.96 bits per heavy atom. The summed E-state index contributed by atoms with van der Waals surface area (Å²) >= 11 is 3.10. The maximum Gasteiger partial charge on any atom is 0.220 e. The van der Waals surface area contributed by atoms with Crippen LogP contribution in [-0.4, -0.2) is 17.6 Å². The molecular weight excluding hydrogens is 363 g/mol. The number of hydrogen-bond donors (Lipinski definition) is 2. The van der Waals surface area contributed by atoms with Crippen molar-refractivity contribution in [2.24, 2.45) is 21.5 Å². The molecule has 1 heterocycles. The van der Waals surface area contributed by atoms with Crippen LogP contribution < -0.4 is 16.4 Å². The second-order valence-electron chi connectivity index (χ2n) is 5.71. The van der Waals surface area contributed by atoms with Gasteiger partial charge in [0.25, 0.3) is 0 Å². The van der Waals surface area contributed by atoms with E-state index in [9.17, 15) is 9.65 Å². The van der Waals surface area contributed by atoms with Crippen molar-refractivity contribution < 1.29 is 4.39 Å². The number of anilines is 1. The van der Waals surface area contributed by atoms with Crippen molar-refractivity contribution in [3.05, 3.63) is 28.0 Å². The molecule has 0 atom stereocenters. The van der Waals surface area contributed by atoms with Crippen molar-refractivity contribution in [3.8, 4) is 6.07 Å². The van der Waals surface area contributed by atoms with E-state index in [1.54, 1.807) is 4.90 Å². The van der Waals surface area contributed by atoms with Gasteiger partial charge in [0.1, 0.15) is 17.5 Å². The van der Waals surface area contributed by atoms with Gasteiger partial charge in [-0.25, -0.2) is 9.38 Å². The normalized spacial score (nSPS) is 20.0. The summed E-state index contributed by atoms with van der Waals surface area (Å²) in [6.45, 7) is 0. The fourth-order valence-corrected chi connectivity index (χ4v) is 3.62. The van der Waals surface area contributed by atoms with Crippen LogP contribution in [0.5, 0.6) is 0 Å². The van der Waals surface area contributed by atoms with Gasteiger partial charge in [-0.15, -0.1) is 0 Å². The zero-order chi connectivity index (χ0) is 16.6. The summed E-state index contributed by atoms with van der Waals surface area (Å²) in [5.41, 5.74) is 11.9. The number of nitrogens with two attached hydrogens (primary N) is 2. The quantitative estimate of drug-likeness (QED) is 0.783. The molecule has 1 saturated carbocycles. The first-order valence-corrected chi connectivity index (χ1v) is 8.15. The standard InChI is InChI=1S/C15H16BrFN6/c16-10-6-9(8-18)12(7-11(10)17)23-14(20)21-13(19)22-15(23)4-2-1-3-5-15/h6-7H,1-5H2,(H4,19,20,21,22). The lowest BCUT2D eigenvalue weighted by atomic mass is 9.87. The molecular formula is C15H16BrFN6. The lowest BCUT2D eigenvalue weighted by Gasteiger charge is -2.45. The maximum atomic E-state index is 14.1. The minimum absolute atomic E-state index is 0.122. The molecule has 1 aromatic carbocycles. The zero-order valence-corrected chi connectivity index (χ0v) is 14.0. The highest BCUT2D eigenvalue weighted by Gasteiger charge is 2.43. The monoisotopic (exact) mass is 378 g/mol. The van der Waals surface area contributed by atoms with Crippen LogP contribution >= 0.6 is 15.9 Å². The summed E-state index contributed by atoms with van der Waals surface area (Å²) in [6, 6.07) is 4.82. The van der Waals surface area contributed by atoms with E-state index in [-0.39, 0.29) is 16.4 Å². The zero-order valence-electron chi connectivity index (χ0n) is 12.4. The van der Waals surface area contributed by atoms with Gasteiger partial charge in [0.05, 0.1) is 15.7 Å². The van der Waals surface area contributed by atoms with Gasteiger partial charge in [0.15, 0.2) is 0 Å².